The highest BCUT2D eigenvalue weighted by molar-refractivity contribution is 6.11. The van der Waals surface area contributed by atoms with Gasteiger partial charge in [0.05, 0.1) is 23.3 Å². The highest BCUT2D eigenvalue weighted by Gasteiger charge is 2.40. The number of carbonyl (C=O) groups excluding carboxylic acids is 1. The second kappa shape index (κ2) is 12.7. The molecule has 6 aromatic rings. The van der Waals surface area contributed by atoms with Crippen molar-refractivity contribution in [2.45, 2.75) is 38.8 Å². The number of nitrogens with one attached hydrogen (secondary N) is 1. The Morgan fingerprint density at radius 2 is 1.67 bits per heavy atom. The number of pyridine rings is 1. The number of Topliss-reactive ketones (excluding diaryl/α,β-unsaturated/α-hetero) is 1. The van der Waals surface area contributed by atoms with Gasteiger partial charge in [0, 0.05) is 80.3 Å². The molecule has 0 saturated carbocycles. The third kappa shape index (κ3) is 6.05. The van der Waals surface area contributed by atoms with Gasteiger partial charge in [-0.15, -0.1) is 0 Å². The molecule has 244 valence electrons. The van der Waals surface area contributed by atoms with Crippen molar-refractivity contribution >= 4 is 28.2 Å². The van der Waals surface area contributed by atoms with Crippen LogP contribution in [0.2, 0.25) is 0 Å². The standard InChI is InChI=1S/C38H35F3N6O/c1-3-33(48)29-21-43-37(47(22-25-10-6-4-7-11-25)23-26-12-8-5-9-13-26)35-28(29)20-31(44-35)34-30(39)18-27(36-42-15-17-45(36)2)19-32(34)46-16-14-38(40,41)24-46/h4-13,15,17-21,44H,3,14,16,22-24H2,1-2H3. The van der Waals surface area contributed by atoms with Crippen LogP contribution in [0.5, 0.6) is 0 Å². The molecule has 7 rings (SSSR count). The fourth-order valence-corrected chi connectivity index (χ4v) is 6.53. The summed E-state index contributed by atoms with van der Waals surface area (Å²) in [5.74, 6) is -2.48. The van der Waals surface area contributed by atoms with E-state index in [1.54, 1.807) is 49.3 Å². The molecule has 1 N–H and O–H groups in total. The van der Waals surface area contributed by atoms with Crippen LogP contribution < -0.4 is 9.80 Å². The third-order valence-electron chi connectivity index (χ3n) is 8.93. The normalized spacial score (nSPS) is 14.1. The van der Waals surface area contributed by atoms with E-state index >= 15 is 4.39 Å². The SMILES string of the molecule is CCC(=O)c1cnc(N(Cc2ccccc2)Cc2ccccc2)c2[nH]c(-c3c(F)cc(-c4nccn4C)cc3N3CCC(F)(F)C3)cc12. The summed E-state index contributed by atoms with van der Waals surface area (Å²) < 4.78 is 47.4. The minimum absolute atomic E-state index is 0.0675. The van der Waals surface area contributed by atoms with Crippen LogP contribution in [0, 0.1) is 5.82 Å². The van der Waals surface area contributed by atoms with Gasteiger partial charge in [-0.1, -0.05) is 67.6 Å². The van der Waals surface area contributed by atoms with E-state index in [2.05, 4.69) is 14.9 Å². The molecule has 0 bridgehead atoms. The lowest BCUT2D eigenvalue weighted by Crippen LogP contribution is -2.25. The van der Waals surface area contributed by atoms with Gasteiger partial charge in [0.15, 0.2) is 11.6 Å². The average Bonchev–Trinajstić information content (AvgIpc) is 3.82. The van der Waals surface area contributed by atoms with Crippen molar-refractivity contribution < 1.29 is 18.0 Å². The number of benzene rings is 3. The van der Waals surface area contributed by atoms with E-state index in [0.29, 0.717) is 58.1 Å². The van der Waals surface area contributed by atoms with Crippen molar-refractivity contribution in [2.24, 2.45) is 7.05 Å². The smallest absolute Gasteiger partial charge is 0.266 e. The second-order valence-corrected chi connectivity index (χ2v) is 12.3. The van der Waals surface area contributed by atoms with Crippen molar-refractivity contribution in [1.29, 1.82) is 0 Å². The van der Waals surface area contributed by atoms with Crippen LogP contribution >= 0.6 is 0 Å². The van der Waals surface area contributed by atoms with Gasteiger partial charge in [0.2, 0.25) is 0 Å². The number of alkyl halides is 2. The summed E-state index contributed by atoms with van der Waals surface area (Å²) in [4.78, 5) is 29.5. The maximum Gasteiger partial charge on any atom is 0.266 e. The zero-order valence-corrected chi connectivity index (χ0v) is 26.8. The molecule has 1 fully saturated rings. The minimum atomic E-state index is -2.90. The molecule has 1 aliphatic rings. The predicted molar refractivity (Wildman–Crippen MR) is 183 cm³/mol. The summed E-state index contributed by atoms with van der Waals surface area (Å²) in [7, 11) is 1.80. The first-order valence-corrected chi connectivity index (χ1v) is 16.0. The highest BCUT2D eigenvalue weighted by Crippen LogP contribution is 2.43. The van der Waals surface area contributed by atoms with E-state index in [4.69, 9.17) is 4.98 Å². The van der Waals surface area contributed by atoms with Gasteiger partial charge in [-0.25, -0.2) is 23.1 Å². The molecule has 0 aliphatic carbocycles. The fourth-order valence-electron chi connectivity index (χ4n) is 6.53. The molecule has 3 aromatic heterocycles. The number of aryl methyl sites for hydroxylation is 1. The number of ketones is 1. The third-order valence-corrected chi connectivity index (χ3v) is 8.93. The molecule has 10 heteroatoms. The van der Waals surface area contributed by atoms with Gasteiger partial charge in [0.25, 0.3) is 5.92 Å². The monoisotopic (exact) mass is 648 g/mol. The Balaban J connectivity index is 1.42. The molecule has 0 atom stereocenters. The lowest BCUT2D eigenvalue weighted by molar-refractivity contribution is 0.0257. The number of hydrogen-bond acceptors (Lipinski definition) is 5. The molecular weight excluding hydrogens is 613 g/mol. The highest BCUT2D eigenvalue weighted by atomic mass is 19.3. The number of anilines is 2. The average molecular weight is 649 g/mol. The van der Waals surface area contributed by atoms with Crippen molar-refractivity contribution in [3.8, 4) is 22.6 Å². The van der Waals surface area contributed by atoms with Crippen LogP contribution in [0.4, 0.5) is 24.7 Å². The van der Waals surface area contributed by atoms with Crippen molar-refractivity contribution in [3.63, 3.8) is 0 Å². The first kappa shape index (κ1) is 31.2. The molecule has 7 nitrogen and oxygen atoms in total. The number of aromatic amines is 1. The summed E-state index contributed by atoms with van der Waals surface area (Å²) in [6, 6.07) is 24.9. The number of H-pyrrole nitrogens is 1. The fraction of sp³-hybridized carbons (Fsp3) is 0.237. The quantitative estimate of drug-likeness (QED) is 0.151. The molecule has 0 spiro atoms. The van der Waals surface area contributed by atoms with Gasteiger partial charge in [0.1, 0.15) is 11.6 Å². The van der Waals surface area contributed by atoms with Gasteiger partial charge < -0.3 is 19.4 Å². The molecule has 0 unspecified atom stereocenters. The second-order valence-electron chi connectivity index (χ2n) is 12.3. The zero-order chi connectivity index (χ0) is 33.4. The van der Waals surface area contributed by atoms with Crippen LogP contribution in [-0.2, 0) is 20.1 Å². The van der Waals surface area contributed by atoms with Crippen LogP contribution in [0.3, 0.4) is 0 Å². The maximum absolute atomic E-state index is 16.5. The minimum Gasteiger partial charge on any atom is -0.365 e. The van der Waals surface area contributed by atoms with Crippen LogP contribution in [-0.4, -0.2) is 44.3 Å². The Kier molecular flexibility index (Phi) is 8.24. The molecule has 4 heterocycles. The largest absolute Gasteiger partial charge is 0.365 e. The lowest BCUT2D eigenvalue weighted by Gasteiger charge is -2.25. The number of aromatic nitrogens is 4. The Morgan fingerprint density at radius 1 is 0.979 bits per heavy atom. The van der Waals surface area contributed by atoms with Crippen molar-refractivity contribution in [1.82, 2.24) is 19.5 Å². The van der Waals surface area contributed by atoms with E-state index in [9.17, 15) is 13.6 Å². The van der Waals surface area contributed by atoms with Crippen molar-refractivity contribution in [2.75, 3.05) is 22.9 Å². The van der Waals surface area contributed by atoms with Gasteiger partial charge in [-0.05, 0) is 29.3 Å². The van der Waals surface area contributed by atoms with Gasteiger partial charge in [-0.2, -0.15) is 0 Å². The molecule has 0 radical (unpaired) electrons. The molecule has 1 aliphatic heterocycles. The van der Waals surface area contributed by atoms with E-state index in [1.807, 2.05) is 60.7 Å². The zero-order valence-electron chi connectivity index (χ0n) is 26.8. The van der Waals surface area contributed by atoms with Crippen LogP contribution in [0.15, 0.2) is 97.5 Å². The number of rotatable bonds is 10. The topological polar surface area (TPSA) is 70.0 Å². The maximum atomic E-state index is 16.5. The van der Waals surface area contributed by atoms with E-state index in [1.165, 1.54) is 11.0 Å². The summed E-state index contributed by atoms with van der Waals surface area (Å²) in [5.41, 5.74) is 4.46. The number of nitrogens with zero attached hydrogens (tertiary/aromatic N) is 5. The van der Waals surface area contributed by atoms with E-state index < -0.39 is 18.3 Å². The van der Waals surface area contributed by atoms with Gasteiger partial charge >= 0.3 is 0 Å². The number of halogens is 3. The lowest BCUT2D eigenvalue weighted by atomic mass is 10.0. The van der Waals surface area contributed by atoms with Crippen molar-refractivity contribution in [3.05, 3.63) is 120 Å². The number of carbonyl (C=O) groups is 1. The van der Waals surface area contributed by atoms with E-state index in [0.717, 1.165) is 11.1 Å². The molecule has 48 heavy (non-hydrogen) atoms. The number of imidazole rings is 1. The Morgan fingerprint density at radius 3 is 2.25 bits per heavy atom. The van der Waals surface area contributed by atoms with E-state index in [-0.39, 0.29) is 30.7 Å². The molecular formula is C38H35F3N6O. The molecule has 0 amide bonds. The molecule has 3 aromatic carbocycles. The number of fused-ring (bicyclic) bond motifs is 1. The Bertz CT molecular complexity index is 2050. The first-order chi connectivity index (χ1) is 23.2. The van der Waals surface area contributed by atoms with Crippen LogP contribution in [0.1, 0.15) is 41.3 Å². The molecule has 1 saturated heterocycles. The Labute approximate surface area is 276 Å². The first-order valence-electron chi connectivity index (χ1n) is 16.0. The number of hydrogen-bond donors (Lipinski definition) is 1. The summed E-state index contributed by atoms with van der Waals surface area (Å²) in [6.07, 6.45) is 4.88. The summed E-state index contributed by atoms with van der Waals surface area (Å²) in [5, 5.41) is 0.596. The van der Waals surface area contributed by atoms with Crippen LogP contribution in [0.25, 0.3) is 33.5 Å². The summed E-state index contributed by atoms with van der Waals surface area (Å²) >= 11 is 0. The Hall–Kier alpha value is -5.38. The van der Waals surface area contributed by atoms with Gasteiger partial charge in [-0.3, -0.25) is 4.79 Å². The predicted octanol–water partition coefficient (Wildman–Crippen LogP) is 8.41. The summed E-state index contributed by atoms with van der Waals surface area (Å²) in [6.45, 7) is 2.37.